The van der Waals surface area contributed by atoms with Crippen molar-refractivity contribution in [3.8, 4) is 5.75 Å². The number of benzene rings is 2. The van der Waals surface area contributed by atoms with Crippen LogP contribution in [0.4, 0.5) is 5.82 Å². The van der Waals surface area contributed by atoms with E-state index in [1.807, 2.05) is 35.2 Å². The van der Waals surface area contributed by atoms with Crippen LogP contribution in [0.5, 0.6) is 5.75 Å². The smallest absolute Gasteiger partial charge is 0.254 e. The zero-order valence-electron chi connectivity index (χ0n) is 17.8. The summed E-state index contributed by atoms with van der Waals surface area (Å²) in [7, 11) is 0. The number of rotatable bonds is 7. The number of morpholine rings is 1. The number of hydrogen-bond donors (Lipinski definition) is 1. The van der Waals surface area contributed by atoms with Crippen molar-refractivity contribution in [1.82, 2.24) is 14.9 Å². The average molecular weight is 421 g/mol. The lowest BCUT2D eigenvalue weighted by Gasteiger charge is -2.33. The second kappa shape index (κ2) is 9.75. The van der Waals surface area contributed by atoms with Crippen molar-refractivity contribution in [2.75, 3.05) is 32.0 Å². The summed E-state index contributed by atoms with van der Waals surface area (Å²) in [5.41, 5.74) is 8.59. The van der Waals surface area contributed by atoms with Gasteiger partial charge in [-0.15, -0.1) is 0 Å². The van der Waals surface area contributed by atoms with Gasteiger partial charge in [-0.2, -0.15) is 0 Å². The molecule has 2 N–H and O–H groups in total. The van der Waals surface area contributed by atoms with Crippen LogP contribution >= 0.6 is 0 Å². The van der Waals surface area contributed by atoms with Crippen molar-refractivity contribution in [1.29, 1.82) is 0 Å². The number of fused-ring (bicyclic) bond motifs is 1. The second-order valence-electron chi connectivity index (χ2n) is 7.79. The highest BCUT2D eigenvalue weighted by molar-refractivity contribution is 5.94. The molecule has 1 saturated heterocycles. The maximum absolute atomic E-state index is 12.9. The molecule has 1 amide bonds. The zero-order valence-corrected chi connectivity index (χ0v) is 17.8. The molecule has 3 aromatic rings. The van der Waals surface area contributed by atoms with Crippen molar-refractivity contribution in [3.63, 3.8) is 0 Å². The Morgan fingerprint density at radius 3 is 2.87 bits per heavy atom. The van der Waals surface area contributed by atoms with Crippen LogP contribution in [-0.2, 0) is 11.2 Å². The fraction of sp³-hybridized carbons (Fsp3) is 0.375. The number of nitrogens with two attached hydrogens (primary N) is 1. The Morgan fingerprint density at radius 1 is 1.23 bits per heavy atom. The lowest BCUT2D eigenvalue weighted by molar-refractivity contribution is -0.0401. The molecule has 1 unspecified atom stereocenters. The zero-order chi connectivity index (χ0) is 21.6. The predicted molar refractivity (Wildman–Crippen MR) is 120 cm³/mol. The molecule has 0 bridgehead atoms. The molecule has 1 aromatic heterocycles. The number of ether oxygens (including phenoxy) is 2. The summed E-state index contributed by atoms with van der Waals surface area (Å²) in [6.45, 7) is 4.11. The third-order valence-electron chi connectivity index (χ3n) is 5.52. The molecular formula is C24H28N4O3. The summed E-state index contributed by atoms with van der Waals surface area (Å²) in [6.07, 6.45) is 4.63. The van der Waals surface area contributed by atoms with Gasteiger partial charge in [0.25, 0.3) is 5.91 Å². The Kier molecular flexibility index (Phi) is 6.62. The number of aryl methyl sites for hydroxylation is 1. The van der Waals surface area contributed by atoms with Crippen LogP contribution in [0.2, 0.25) is 0 Å². The number of carbonyl (C=O) groups excluding carboxylic acids is 1. The van der Waals surface area contributed by atoms with E-state index >= 15 is 0 Å². The fourth-order valence-corrected chi connectivity index (χ4v) is 3.72. The van der Waals surface area contributed by atoms with Crippen LogP contribution in [-0.4, -0.2) is 53.2 Å². The highest BCUT2D eigenvalue weighted by atomic mass is 16.5. The van der Waals surface area contributed by atoms with E-state index in [2.05, 4.69) is 29.0 Å². The molecule has 2 heterocycles. The number of nitrogens with zero attached hydrogens (tertiary/aromatic N) is 3. The summed E-state index contributed by atoms with van der Waals surface area (Å²) >= 11 is 0. The van der Waals surface area contributed by atoms with Gasteiger partial charge >= 0.3 is 0 Å². The third-order valence-corrected chi connectivity index (χ3v) is 5.52. The molecular weight excluding hydrogens is 392 g/mol. The summed E-state index contributed by atoms with van der Waals surface area (Å²) in [4.78, 5) is 23.0. The summed E-state index contributed by atoms with van der Waals surface area (Å²) in [5.74, 6) is 1.16. The minimum atomic E-state index is -0.187. The number of amides is 1. The van der Waals surface area contributed by atoms with Gasteiger partial charge in [0.05, 0.1) is 18.7 Å². The Hall–Kier alpha value is -3.19. The van der Waals surface area contributed by atoms with Gasteiger partial charge in [0.1, 0.15) is 30.6 Å². The number of anilines is 1. The molecule has 0 spiro atoms. The van der Waals surface area contributed by atoms with E-state index < -0.39 is 0 Å². The summed E-state index contributed by atoms with van der Waals surface area (Å²) in [6, 6.07) is 13.5. The molecule has 1 fully saturated rings. The van der Waals surface area contributed by atoms with Gasteiger partial charge in [-0.3, -0.25) is 4.79 Å². The topological polar surface area (TPSA) is 90.6 Å². The van der Waals surface area contributed by atoms with Crippen LogP contribution in [0.25, 0.3) is 10.9 Å². The van der Waals surface area contributed by atoms with E-state index in [9.17, 15) is 4.79 Å². The number of carbonyl (C=O) groups is 1. The lowest BCUT2D eigenvalue weighted by Crippen LogP contribution is -2.47. The van der Waals surface area contributed by atoms with Gasteiger partial charge < -0.3 is 20.1 Å². The summed E-state index contributed by atoms with van der Waals surface area (Å²) < 4.78 is 11.7. The first-order chi connectivity index (χ1) is 15.1. The molecule has 7 nitrogen and oxygen atoms in total. The Bertz CT molecular complexity index is 1040. The first-order valence-electron chi connectivity index (χ1n) is 10.8. The fourth-order valence-electron chi connectivity index (χ4n) is 3.72. The number of aromatic nitrogens is 2. The molecule has 0 radical (unpaired) electrons. The van der Waals surface area contributed by atoms with E-state index in [0.717, 1.165) is 23.7 Å². The molecule has 1 atom stereocenters. The largest absolute Gasteiger partial charge is 0.491 e. The van der Waals surface area contributed by atoms with E-state index in [1.165, 1.54) is 18.3 Å². The van der Waals surface area contributed by atoms with Crippen molar-refractivity contribution < 1.29 is 14.3 Å². The van der Waals surface area contributed by atoms with Gasteiger partial charge in [0.15, 0.2) is 0 Å². The van der Waals surface area contributed by atoms with Crippen LogP contribution in [0, 0.1) is 0 Å². The molecule has 1 aliphatic heterocycles. The van der Waals surface area contributed by atoms with E-state index in [-0.39, 0.29) is 12.0 Å². The number of hydrogen-bond acceptors (Lipinski definition) is 6. The number of unbranched alkanes of at least 4 members (excludes halogenated alkanes) is 1. The van der Waals surface area contributed by atoms with Gasteiger partial charge in [-0.25, -0.2) is 9.97 Å². The number of nitrogen functional groups attached to an aromatic ring is 1. The predicted octanol–water partition coefficient (Wildman–Crippen LogP) is 3.47. The Labute approximate surface area is 182 Å². The average Bonchev–Trinajstić information content (AvgIpc) is 2.81. The SMILES string of the molecule is CCCCc1ccc(C(=O)N2CCOC(COc3ccc4c(N)ncnc4c3)C2)cc1. The molecule has 1 aliphatic rings. The van der Waals surface area contributed by atoms with Crippen LogP contribution in [0.3, 0.4) is 0 Å². The van der Waals surface area contributed by atoms with Crippen molar-refractivity contribution in [3.05, 3.63) is 59.9 Å². The monoisotopic (exact) mass is 420 g/mol. The maximum Gasteiger partial charge on any atom is 0.254 e. The molecule has 4 rings (SSSR count). The highest BCUT2D eigenvalue weighted by Gasteiger charge is 2.25. The van der Waals surface area contributed by atoms with Gasteiger partial charge in [-0.1, -0.05) is 25.5 Å². The first-order valence-corrected chi connectivity index (χ1v) is 10.8. The normalized spacial score (nSPS) is 16.4. The maximum atomic E-state index is 12.9. The molecule has 2 aromatic carbocycles. The van der Waals surface area contributed by atoms with Gasteiger partial charge in [-0.05, 0) is 42.7 Å². The highest BCUT2D eigenvalue weighted by Crippen LogP contribution is 2.22. The van der Waals surface area contributed by atoms with Crippen molar-refractivity contribution in [2.24, 2.45) is 0 Å². The third kappa shape index (κ3) is 5.11. The van der Waals surface area contributed by atoms with Crippen LogP contribution in [0.15, 0.2) is 48.8 Å². The second-order valence-corrected chi connectivity index (χ2v) is 7.79. The molecule has 7 heteroatoms. The summed E-state index contributed by atoms with van der Waals surface area (Å²) in [5, 5.41) is 0.793. The molecule has 0 aliphatic carbocycles. The van der Waals surface area contributed by atoms with E-state index in [4.69, 9.17) is 15.2 Å². The van der Waals surface area contributed by atoms with E-state index in [1.54, 1.807) is 0 Å². The minimum Gasteiger partial charge on any atom is -0.491 e. The van der Waals surface area contributed by atoms with E-state index in [0.29, 0.717) is 43.4 Å². The van der Waals surface area contributed by atoms with Gasteiger partial charge in [0, 0.05) is 23.6 Å². The van der Waals surface area contributed by atoms with Gasteiger partial charge in [0.2, 0.25) is 0 Å². The Morgan fingerprint density at radius 2 is 2.06 bits per heavy atom. The van der Waals surface area contributed by atoms with Crippen LogP contribution < -0.4 is 10.5 Å². The van der Waals surface area contributed by atoms with Crippen molar-refractivity contribution in [2.45, 2.75) is 32.3 Å². The molecule has 0 saturated carbocycles. The minimum absolute atomic E-state index is 0.0354. The Balaban J connectivity index is 1.34. The van der Waals surface area contributed by atoms with Crippen molar-refractivity contribution >= 4 is 22.6 Å². The van der Waals surface area contributed by atoms with Crippen LogP contribution in [0.1, 0.15) is 35.7 Å². The lowest BCUT2D eigenvalue weighted by atomic mass is 10.1. The standard InChI is InChI=1S/C24H28N4O3/c1-2-3-4-17-5-7-18(8-6-17)24(29)28-11-12-30-20(14-28)15-31-19-9-10-21-22(13-19)26-16-27-23(21)25/h5-10,13,16,20H,2-4,11-12,14-15H2,1H3,(H2,25,26,27). The first kappa shape index (κ1) is 21.1. The molecule has 162 valence electrons. The quantitative estimate of drug-likeness (QED) is 0.629. The molecule has 31 heavy (non-hydrogen) atoms.